The first kappa shape index (κ1) is 32.3. The molecule has 3 N–H and O–H groups in total. The van der Waals surface area contributed by atoms with Gasteiger partial charge in [-0.1, -0.05) is 96.5 Å². The fourth-order valence-electron chi connectivity index (χ4n) is 4.64. The van der Waals surface area contributed by atoms with Crippen LogP contribution in [0.1, 0.15) is 37.9 Å². The van der Waals surface area contributed by atoms with Crippen molar-refractivity contribution in [2.24, 2.45) is 0 Å². The van der Waals surface area contributed by atoms with E-state index in [0.29, 0.717) is 21.8 Å². The van der Waals surface area contributed by atoms with Gasteiger partial charge in [-0.25, -0.2) is 0 Å². The quantitative estimate of drug-likeness (QED) is 0.105. The normalized spacial score (nSPS) is 11.8. The first-order valence-electron chi connectivity index (χ1n) is 14.6. The molecule has 5 aromatic rings. The molecule has 3 amide bonds. The molecular formula is C38H32ClN3O3S. The summed E-state index contributed by atoms with van der Waals surface area (Å²) in [7, 11) is 0. The number of nitrogens with one attached hydrogen (secondary N) is 3. The van der Waals surface area contributed by atoms with Crippen LogP contribution in [0.5, 0.6) is 0 Å². The maximum absolute atomic E-state index is 13.7. The van der Waals surface area contributed by atoms with Gasteiger partial charge in [0, 0.05) is 26.9 Å². The van der Waals surface area contributed by atoms with Gasteiger partial charge in [-0.05, 0) is 84.6 Å². The number of thioether (sulfide) groups is 1. The van der Waals surface area contributed by atoms with Crippen LogP contribution in [0.2, 0.25) is 5.02 Å². The molecule has 1 atom stereocenters. The molecule has 8 heteroatoms. The highest BCUT2D eigenvalue weighted by Crippen LogP contribution is 2.37. The fraction of sp³-hybridized carbons (Fsp3) is 0.0789. The molecule has 0 heterocycles. The van der Waals surface area contributed by atoms with Gasteiger partial charge in [-0.2, -0.15) is 0 Å². The third-order valence-corrected chi connectivity index (χ3v) is 8.66. The van der Waals surface area contributed by atoms with E-state index in [9.17, 15) is 14.4 Å². The second-order valence-corrected chi connectivity index (χ2v) is 12.2. The zero-order chi connectivity index (χ0) is 32.5. The first-order valence-corrected chi connectivity index (χ1v) is 15.9. The van der Waals surface area contributed by atoms with Gasteiger partial charge in [0.15, 0.2) is 0 Å². The Kier molecular flexibility index (Phi) is 10.7. The van der Waals surface area contributed by atoms with Gasteiger partial charge in [0.2, 0.25) is 5.91 Å². The van der Waals surface area contributed by atoms with Crippen LogP contribution < -0.4 is 16.0 Å². The molecule has 230 valence electrons. The van der Waals surface area contributed by atoms with E-state index in [0.717, 1.165) is 27.3 Å². The molecule has 0 radical (unpaired) electrons. The minimum absolute atomic E-state index is 0.0232. The number of carbonyl (C=O) groups is 3. The third kappa shape index (κ3) is 8.53. The summed E-state index contributed by atoms with van der Waals surface area (Å²) in [5.41, 5.74) is 5.14. The Balaban J connectivity index is 1.39. The van der Waals surface area contributed by atoms with Gasteiger partial charge in [0.25, 0.3) is 11.8 Å². The molecule has 0 saturated heterocycles. The van der Waals surface area contributed by atoms with Gasteiger partial charge < -0.3 is 16.0 Å². The number of carbonyl (C=O) groups excluding carboxylic acids is 3. The minimum atomic E-state index is -0.562. The molecule has 0 aliphatic carbocycles. The van der Waals surface area contributed by atoms with Crippen molar-refractivity contribution in [1.82, 2.24) is 5.32 Å². The first-order chi connectivity index (χ1) is 22.3. The molecule has 0 fully saturated rings. The summed E-state index contributed by atoms with van der Waals surface area (Å²) >= 11 is 7.75. The maximum Gasteiger partial charge on any atom is 0.272 e. The zero-order valence-electron chi connectivity index (χ0n) is 25.3. The molecule has 5 rings (SSSR count). The van der Waals surface area contributed by atoms with E-state index in [1.807, 2.05) is 80.6 Å². The Morgan fingerprint density at radius 3 is 2.17 bits per heavy atom. The van der Waals surface area contributed by atoms with Gasteiger partial charge in [-0.3, -0.25) is 14.4 Å². The lowest BCUT2D eigenvalue weighted by Gasteiger charge is -2.19. The van der Waals surface area contributed by atoms with E-state index in [4.69, 9.17) is 11.6 Å². The molecule has 0 aromatic heterocycles. The van der Waals surface area contributed by atoms with Crippen LogP contribution in [-0.4, -0.2) is 17.7 Å². The Morgan fingerprint density at radius 2 is 1.43 bits per heavy atom. The summed E-state index contributed by atoms with van der Waals surface area (Å²) in [5.74, 6) is -1.12. The smallest absolute Gasteiger partial charge is 0.272 e. The molecule has 6 nitrogen and oxygen atoms in total. The monoisotopic (exact) mass is 645 g/mol. The van der Waals surface area contributed by atoms with E-state index >= 15 is 0 Å². The standard InChI is InChI=1S/C38H32ClN3O3S/c1-25-20-21-26(2)33(22-25)41-38(45)35(27-12-5-3-6-13-27)46-31-18-11-17-30(24-31)40-37(44)34(23-29-16-9-10-19-32(29)39)42-36(43)28-14-7-4-8-15-28/h3-24,35H,1-2H3,(H,40,44)(H,41,45)(H,42,43)/b34-23+. The molecule has 0 aliphatic rings. The van der Waals surface area contributed by atoms with E-state index in [1.165, 1.54) is 11.8 Å². The number of benzene rings is 5. The Hall–Kier alpha value is -5.11. The average molecular weight is 646 g/mol. The SMILES string of the molecule is Cc1ccc(C)c(NC(=O)C(Sc2cccc(NC(=O)/C(=C\c3ccccc3Cl)NC(=O)c3ccccc3)c2)c2ccccc2)c1. The molecule has 0 aliphatic heterocycles. The number of hydrogen-bond acceptors (Lipinski definition) is 4. The number of rotatable bonds is 10. The summed E-state index contributed by atoms with van der Waals surface area (Å²) < 4.78 is 0. The van der Waals surface area contributed by atoms with Crippen LogP contribution in [0, 0.1) is 13.8 Å². The van der Waals surface area contributed by atoms with Crippen LogP contribution in [0.4, 0.5) is 11.4 Å². The lowest BCUT2D eigenvalue weighted by molar-refractivity contribution is -0.116. The fourth-order valence-corrected chi connectivity index (χ4v) is 5.92. The largest absolute Gasteiger partial charge is 0.325 e. The van der Waals surface area contributed by atoms with Gasteiger partial charge in [0.1, 0.15) is 10.9 Å². The number of hydrogen-bond donors (Lipinski definition) is 3. The van der Waals surface area contributed by atoms with Crippen molar-refractivity contribution in [1.29, 1.82) is 0 Å². The highest BCUT2D eigenvalue weighted by molar-refractivity contribution is 8.00. The lowest BCUT2D eigenvalue weighted by Crippen LogP contribution is -2.30. The van der Waals surface area contributed by atoms with Crippen molar-refractivity contribution in [2.75, 3.05) is 10.6 Å². The van der Waals surface area contributed by atoms with Crippen LogP contribution in [0.25, 0.3) is 6.08 Å². The van der Waals surface area contributed by atoms with Crippen LogP contribution in [0.3, 0.4) is 0 Å². The van der Waals surface area contributed by atoms with E-state index in [2.05, 4.69) is 16.0 Å². The molecule has 0 saturated carbocycles. The zero-order valence-corrected chi connectivity index (χ0v) is 26.9. The second-order valence-electron chi connectivity index (χ2n) is 10.6. The summed E-state index contributed by atoms with van der Waals surface area (Å²) in [6, 6.07) is 38.5. The van der Waals surface area contributed by atoms with Crippen molar-refractivity contribution in [3.8, 4) is 0 Å². The molecule has 0 spiro atoms. The van der Waals surface area contributed by atoms with Gasteiger partial charge in [-0.15, -0.1) is 11.8 Å². The number of amides is 3. The molecule has 5 aromatic carbocycles. The van der Waals surface area contributed by atoms with Crippen molar-refractivity contribution in [3.05, 3.63) is 166 Å². The highest BCUT2D eigenvalue weighted by atomic mass is 35.5. The summed E-state index contributed by atoms with van der Waals surface area (Å²) in [5, 5.41) is 8.61. The summed E-state index contributed by atoms with van der Waals surface area (Å²) in [6.07, 6.45) is 1.54. The van der Waals surface area contributed by atoms with Gasteiger partial charge in [0.05, 0.1) is 0 Å². The van der Waals surface area contributed by atoms with E-state index < -0.39 is 17.1 Å². The van der Waals surface area contributed by atoms with Crippen molar-refractivity contribution in [3.63, 3.8) is 0 Å². The van der Waals surface area contributed by atoms with Crippen LogP contribution in [0.15, 0.2) is 138 Å². The van der Waals surface area contributed by atoms with Gasteiger partial charge >= 0.3 is 0 Å². The minimum Gasteiger partial charge on any atom is -0.325 e. The molecule has 46 heavy (non-hydrogen) atoms. The molecule has 1 unspecified atom stereocenters. The topological polar surface area (TPSA) is 87.3 Å². The number of anilines is 2. The number of aryl methyl sites for hydroxylation is 2. The Labute approximate surface area is 277 Å². The predicted octanol–water partition coefficient (Wildman–Crippen LogP) is 8.84. The van der Waals surface area contributed by atoms with Crippen molar-refractivity contribution < 1.29 is 14.4 Å². The van der Waals surface area contributed by atoms with Crippen molar-refractivity contribution >= 4 is 58.5 Å². The Bertz CT molecular complexity index is 1890. The lowest BCUT2D eigenvalue weighted by atomic mass is 10.1. The number of halogens is 1. The van der Waals surface area contributed by atoms with E-state index in [-0.39, 0.29) is 11.6 Å². The van der Waals surface area contributed by atoms with E-state index in [1.54, 1.807) is 66.7 Å². The average Bonchev–Trinajstić information content (AvgIpc) is 3.07. The predicted molar refractivity (Wildman–Crippen MR) is 188 cm³/mol. The highest BCUT2D eigenvalue weighted by Gasteiger charge is 2.23. The maximum atomic E-state index is 13.7. The molecular weight excluding hydrogens is 614 g/mol. The third-order valence-electron chi connectivity index (χ3n) is 7.07. The Morgan fingerprint density at radius 1 is 0.739 bits per heavy atom. The van der Waals surface area contributed by atoms with Crippen molar-refractivity contribution in [2.45, 2.75) is 24.0 Å². The van der Waals surface area contributed by atoms with Crippen LogP contribution >= 0.6 is 23.4 Å². The van der Waals surface area contributed by atoms with Crippen LogP contribution in [-0.2, 0) is 9.59 Å². The summed E-state index contributed by atoms with van der Waals surface area (Å²) in [6.45, 7) is 3.95. The second kappa shape index (κ2) is 15.3. The molecule has 0 bridgehead atoms. The summed E-state index contributed by atoms with van der Waals surface area (Å²) in [4.78, 5) is 41.1.